The van der Waals surface area contributed by atoms with Gasteiger partial charge in [0.25, 0.3) is 5.91 Å². The summed E-state index contributed by atoms with van der Waals surface area (Å²) >= 11 is 0. The molecule has 1 aromatic heterocycles. The van der Waals surface area contributed by atoms with E-state index in [9.17, 15) is 4.79 Å². The summed E-state index contributed by atoms with van der Waals surface area (Å²) in [5.74, 6) is 0.0700. The lowest BCUT2D eigenvalue weighted by Gasteiger charge is -2.13. The standard InChI is InChI=1S/C9H14N4O/c1-7-8(5-11-12(7)2)9(14)13-4-3-10-6-13/h5,10H,3-4,6H2,1-2H3. The summed E-state index contributed by atoms with van der Waals surface area (Å²) in [5.41, 5.74) is 1.62. The first-order valence-corrected chi connectivity index (χ1v) is 4.68. The van der Waals surface area contributed by atoms with Crippen molar-refractivity contribution in [2.45, 2.75) is 6.92 Å². The molecule has 0 aliphatic carbocycles. The van der Waals surface area contributed by atoms with Gasteiger partial charge in [0.1, 0.15) is 0 Å². The number of carbonyl (C=O) groups excluding carboxylic acids is 1. The molecule has 0 unspecified atom stereocenters. The van der Waals surface area contributed by atoms with Crippen molar-refractivity contribution in [2.75, 3.05) is 19.8 Å². The average molecular weight is 194 g/mol. The summed E-state index contributed by atoms with van der Waals surface area (Å²) in [6.07, 6.45) is 1.63. The fraction of sp³-hybridized carbons (Fsp3) is 0.556. The van der Waals surface area contributed by atoms with Crippen molar-refractivity contribution >= 4 is 5.91 Å². The largest absolute Gasteiger partial charge is 0.324 e. The predicted octanol–water partition coefficient (Wildman–Crippen LogP) is -0.269. The van der Waals surface area contributed by atoms with Crippen LogP contribution in [0.3, 0.4) is 0 Å². The number of carbonyl (C=O) groups is 1. The van der Waals surface area contributed by atoms with E-state index in [1.807, 2.05) is 14.0 Å². The molecule has 0 atom stereocenters. The van der Waals surface area contributed by atoms with E-state index in [4.69, 9.17) is 0 Å². The Hall–Kier alpha value is -1.36. The van der Waals surface area contributed by atoms with Crippen LogP contribution in [-0.4, -0.2) is 40.3 Å². The van der Waals surface area contributed by atoms with Crippen LogP contribution in [0.4, 0.5) is 0 Å². The molecule has 0 bridgehead atoms. The van der Waals surface area contributed by atoms with Gasteiger partial charge in [-0.1, -0.05) is 0 Å². The fourth-order valence-electron chi connectivity index (χ4n) is 1.56. The molecule has 2 heterocycles. The maximum Gasteiger partial charge on any atom is 0.258 e. The molecule has 5 heteroatoms. The van der Waals surface area contributed by atoms with Crippen molar-refractivity contribution in [3.63, 3.8) is 0 Å². The molecule has 1 aromatic rings. The van der Waals surface area contributed by atoms with Crippen LogP contribution in [0.1, 0.15) is 16.1 Å². The molecule has 5 nitrogen and oxygen atoms in total. The van der Waals surface area contributed by atoms with Gasteiger partial charge >= 0.3 is 0 Å². The molecule has 1 aliphatic rings. The Balaban J connectivity index is 2.22. The molecule has 1 amide bonds. The maximum atomic E-state index is 11.9. The molecule has 0 aromatic carbocycles. The lowest BCUT2D eigenvalue weighted by atomic mass is 10.2. The second-order valence-corrected chi connectivity index (χ2v) is 3.49. The number of hydrogen-bond acceptors (Lipinski definition) is 3. The van der Waals surface area contributed by atoms with Gasteiger partial charge in [0.15, 0.2) is 0 Å². The highest BCUT2D eigenvalue weighted by Crippen LogP contribution is 2.10. The van der Waals surface area contributed by atoms with Crippen molar-refractivity contribution in [3.8, 4) is 0 Å². The van der Waals surface area contributed by atoms with Crippen LogP contribution in [0.15, 0.2) is 6.20 Å². The summed E-state index contributed by atoms with van der Waals surface area (Å²) in [4.78, 5) is 13.7. The first-order chi connectivity index (χ1) is 6.70. The Morgan fingerprint density at radius 3 is 2.93 bits per heavy atom. The van der Waals surface area contributed by atoms with Crippen molar-refractivity contribution in [2.24, 2.45) is 7.05 Å². The normalized spacial score (nSPS) is 16.3. The second kappa shape index (κ2) is 3.42. The molecular formula is C9H14N4O. The zero-order chi connectivity index (χ0) is 10.1. The van der Waals surface area contributed by atoms with Crippen LogP contribution in [0, 0.1) is 6.92 Å². The van der Waals surface area contributed by atoms with Crippen LogP contribution in [-0.2, 0) is 7.05 Å². The third-order valence-corrected chi connectivity index (χ3v) is 2.61. The Morgan fingerprint density at radius 2 is 2.43 bits per heavy atom. The van der Waals surface area contributed by atoms with Gasteiger partial charge in [-0.3, -0.25) is 14.8 Å². The van der Waals surface area contributed by atoms with E-state index in [-0.39, 0.29) is 5.91 Å². The molecule has 1 N–H and O–H groups in total. The van der Waals surface area contributed by atoms with Gasteiger partial charge in [0.2, 0.25) is 0 Å². The zero-order valence-corrected chi connectivity index (χ0v) is 8.45. The van der Waals surface area contributed by atoms with Crippen molar-refractivity contribution in [1.29, 1.82) is 0 Å². The zero-order valence-electron chi connectivity index (χ0n) is 8.45. The van der Waals surface area contributed by atoms with Gasteiger partial charge in [-0.25, -0.2) is 0 Å². The SMILES string of the molecule is Cc1c(C(=O)N2CCNC2)cnn1C. The van der Waals surface area contributed by atoms with E-state index in [0.29, 0.717) is 12.2 Å². The molecule has 0 radical (unpaired) electrons. The summed E-state index contributed by atoms with van der Waals surface area (Å²) < 4.78 is 1.72. The van der Waals surface area contributed by atoms with Crippen LogP contribution in [0.25, 0.3) is 0 Å². The topological polar surface area (TPSA) is 50.2 Å². The lowest BCUT2D eigenvalue weighted by Crippen LogP contribution is -2.29. The number of nitrogens with zero attached hydrogens (tertiary/aromatic N) is 3. The molecule has 2 rings (SSSR count). The van der Waals surface area contributed by atoms with Gasteiger partial charge in [0.05, 0.1) is 18.4 Å². The van der Waals surface area contributed by atoms with E-state index in [2.05, 4.69) is 10.4 Å². The first kappa shape index (κ1) is 9.21. The Bertz CT molecular complexity index is 352. The van der Waals surface area contributed by atoms with Crippen molar-refractivity contribution in [1.82, 2.24) is 20.0 Å². The van der Waals surface area contributed by atoms with Gasteiger partial charge in [0, 0.05) is 25.8 Å². The summed E-state index contributed by atoms with van der Waals surface area (Å²) in [6.45, 7) is 4.22. The van der Waals surface area contributed by atoms with Crippen LogP contribution < -0.4 is 5.32 Å². The van der Waals surface area contributed by atoms with Crippen molar-refractivity contribution < 1.29 is 4.79 Å². The predicted molar refractivity (Wildman–Crippen MR) is 51.9 cm³/mol. The van der Waals surface area contributed by atoms with E-state index < -0.39 is 0 Å². The van der Waals surface area contributed by atoms with Crippen LogP contribution >= 0.6 is 0 Å². The van der Waals surface area contributed by atoms with Crippen LogP contribution in [0.2, 0.25) is 0 Å². The first-order valence-electron chi connectivity index (χ1n) is 4.68. The van der Waals surface area contributed by atoms with E-state index in [1.165, 1.54) is 0 Å². The molecule has 1 fully saturated rings. The molecule has 76 valence electrons. The Morgan fingerprint density at radius 1 is 1.64 bits per heavy atom. The molecular weight excluding hydrogens is 180 g/mol. The fourth-order valence-corrected chi connectivity index (χ4v) is 1.56. The minimum absolute atomic E-state index is 0.0700. The monoisotopic (exact) mass is 194 g/mol. The van der Waals surface area contributed by atoms with Crippen LogP contribution in [0.5, 0.6) is 0 Å². The van der Waals surface area contributed by atoms with E-state index >= 15 is 0 Å². The highest BCUT2D eigenvalue weighted by Gasteiger charge is 2.22. The third-order valence-electron chi connectivity index (χ3n) is 2.61. The quantitative estimate of drug-likeness (QED) is 0.669. The number of aromatic nitrogens is 2. The maximum absolute atomic E-state index is 11.9. The number of rotatable bonds is 1. The molecule has 0 spiro atoms. The van der Waals surface area contributed by atoms with Crippen molar-refractivity contribution in [3.05, 3.63) is 17.5 Å². The molecule has 1 saturated heterocycles. The summed E-state index contributed by atoms with van der Waals surface area (Å²) in [7, 11) is 1.84. The number of amides is 1. The minimum Gasteiger partial charge on any atom is -0.324 e. The number of aryl methyl sites for hydroxylation is 1. The minimum atomic E-state index is 0.0700. The summed E-state index contributed by atoms with van der Waals surface area (Å²) in [5, 5.41) is 7.18. The molecule has 14 heavy (non-hydrogen) atoms. The van der Waals surface area contributed by atoms with Gasteiger partial charge in [-0.15, -0.1) is 0 Å². The average Bonchev–Trinajstić information content (AvgIpc) is 2.77. The Labute approximate surface area is 82.7 Å². The van der Waals surface area contributed by atoms with Gasteiger partial charge in [-0.2, -0.15) is 5.10 Å². The summed E-state index contributed by atoms with van der Waals surface area (Å²) in [6, 6.07) is 0. The van der Waals surface area contributed by atoms with Gasteiger partial charge < -0.3 is 4.90 Å². The lowest BCUT2D eigenvalue weighted by molar-refractivity contribution is 0.0790. The molecule has 1 aliphatic heterocycles. The van der Waals surface area contributed by atoms with E-state index in [1.54, 1.807) is 15.8 Å². The van der Waals surface area contributed by atoms with Gasteiger partial charge in [-0.05, 0) is 6.92 Å². The third kappa shape index (κ3) is 1.39. The van der Waals surface area contributed by atoms with E-state index in [0.717, 1.165) is 18.8 Å². The number of nitrogens with one attached hydrogen (secondary N) is 1. The highest BCUT2D eigenvalue weighted by atomic mass is 16.2. The highest BCUT2D eigenvalue weighted by molar-refractivity contribution is 5.95. The smallest absolute Gasteiger partial charge is 0.258 e. The Kier molecular flexibility index (Phi) is 2.25. The molecule has 0 saturated carbocycles. The second-order valence-electron chi connectivity index (χ2n) is 3.49. The number of hydrogen-bond donors (Lipinski definition) is 1.